The van der Waals surface area contributed by atoms with E-state index in [4.69, 9.17) is 15.2 Å². The third-order valence-corrected chi connectivity index (χ3v) is 3.83. The predicted molar refractivity (Wildman–Crippen MR) is 72.0 cm³/mol. The summed E-state index contributed by atoms with van der Waals surface area (Å²) in [7, 11) is 5.07. The van der Waals surface area contributed by atoms with Crippen molar-refractivity contribution in [2.45, 2.75) is 12.5 Å². The Bertz CT molecular complexity index is 453. The molecule has 1 saturated heterocycles. The number of halogens is 1. The molecule has 0 aliphatic carbocycles. The highest BCUT2D eigenvalue weighted by Gasteiger charge is 2.32. The maximum Gasteiger partial charge on any atom is 0.165 e. The Balaban J connectivity index is 2.36. The third kappa shape index (κ3) is 2.67. The van der Waals surface area contributed by atoms with Crippen molar-refractivity contribution < 1.29 is 13.9 Å². The van der Waals surface area contributed by atoms with Gasteiger partial charge in [-0.2, -0.15) is 0 Å². The molecule has 0 saturated carbocycles. The number of hydrogen-bond acceptors (Lipinski definition) is 4. The van der Waals surface area contributed by atoms with Gasteiger partial charge in [-0.05, 0) is 32.0 Å². The minimum absolute atomic E-state index is 0.143. The zero-order chi connectivity index (χ0) is 14.0. The summed E-state index contributed by atoms with van der Waals surface area (Å²) in [4.78, 5) is 2.20. The maximum atomic E-state index is 13.9. The smallest absolute Gasteiger partial charge is 0.165 e. The number of nitrogens with two attached hydrogens (primary N) is 1. The van der Waals surface area contributed by atoms with Gasteiger partial charge in [-0.1, -0.05) is 0 Å². The summed E-state index contributed by atoms with van der Waals surface area (Å²) in [5, 5.41) is 0. The van der Waals surface area contributed by atoms with E-state index in [0.29, 0.717) is 18.2 Å². The molecule has 2 N–H and O–H groups in total. The molecule has 106 valence electrons. The van der Waals surface area contributed by atoms with Gasteiger partial charge in [0.1, 0.15) is 5.75 Å². The second kappa shape index (κ2) is 5.75. The van der Waals surface area contributed by atoms with Gasteiger partial charge in [-0.3, -0.25) is 4.90 Å². The molecule has 1 aliphatic heterocycles. The first-order chi connectivity index (χ1) is 9.10. The predicted octanol–water partition coefficient (Wildman–Crippen LogP) is 1.79. The molecule has 2 unspecified atom stereocenters. The van der Waals surface area contributed by atoms with Crippen LogP contribution in [0.3, 0.4) is 0 Å². The van der Waals surface area contributed by atoms with Crippen LogP contribution >= 0.6 is 0 Å². The van der Waals surface area contributed by atoms with Crippen molar-refractivity contribution in [3.63, 3.8) is 0 Å². The van der Waals surface area contributed by atoms with E-state index in [1.807, 2.05) is 7.05 Å². The summed E-state index contributed by atoms with van der Waals surface area (Å²) in [6, 6.07) is 3.26. The fourth-order valence-electron chi connectivity index (χ4n) is 2.78. The van der Waals surface area contributed by atoms with E-state index < -0.39 is 0 Å². The lowest BCUT2D eigenvalue weighted by atomic mass is 9.98. The van der Waals surface area contributed by atoms with Crippen molar-refractivity contribution in [2.24, 2.45) is 11.7 Å². The van der Waals surface area contributed by atoms with Gasteiger partial charge in [0.15, 0.2) is 11.6 Å². The van der Waals surface area contributed by atoms with Gasteiger partial charge in [0.05, 0.1) is 14.2 Å². The first-order valence-corrected chi connectivity index (χ1v) is 6.42. The minimum Gasteiger partial charge on any atom is -0.496 e. The van der Waals surface area contributed by atoms with Gasteiger partial charge in [0.25, 0.3) is 0 Å². The Morgan fingerprint density at radius 2 is 2.00 bits per heavy atom. The van der Waals surface area contributed by atoms with Gasteiger partial charge < -0.3 is 15.2 Å². The molecule has 2 rings (SSSR count). The summed E-state index contributed by atoms with van der Waals surface area (Å²) in [6.45, 7) is 1.58. The van der Waals surface area contributed by atoms with Gasteiger partial charge >= 0.3 is 0 Å². The summed E-state index contributed by atoms with van der Waals surface area (Å²) in [5.41, 5.74) is 6.59. The Labute approximate surface area is 113 Å². The topological polar surface area (TPSA) is 47.7 Å². The molecular weight excluding hydrogens is 247 g/mol. The quantitative estimate of drug-likeness (QED) is 0.904. The first kappa shape index (κ1) is 14.1. The number of rotatable bonds is 4. The summed E-state index contributed by atoms with van der Waals surface area (Å²) in [5.74, 6) is 0.956. The van der Waals surface area contributed by atoms with Crippen LogP contribution in [0.2, 0.25) is 0 Å². The van der Waals surface area contributed by atoms with Crippen LogP contribution in [0.1, 0.15) is 18.0 Å². The van der Waals surface area contributed by atoms with Crippen molar-refractivity contribution in [1.82, 2.24) is 4.90 Å². The molecule has 1 fully saturated rings. The van der Waals surface area contributed by atoms with Crippen molar-refractivity contribution in [3.05, 3.63) is 23.5 Å². The Morgan fingerprint density at radius 3 is 2.53 bits per heavy atom. The van der Waals surface area contributed by atoms with E-state index in [-0.39, 0.29) is 17.6 Å². The highest BCUT2D eigenvalue weighted by Crippen LogP contribution is 2.40. The van der Waals surface area contributed by atoms with Crippen molar-refractivity contribution in [2.75, 3.05) is 34.4 Å². The van der Waals surface area contributed by atoms with Crippen molar-refractivity contribution >= 4 is 0 Å². The van der Waals surface area contributed by atoms with Crippen LogP contribution in [-0.4, -0.2) is 39.3 Å². The van der Waals surface area contributed by atoms with E-state index in [1.54, 1.807) is 13.2 Å². The van der Waals surface area contributed by atoms with E-state index in [2.05, 4.69) is 4.90 Å². The van der Waals surface area contributed by atoms with E-state index in [1.165, 1.54) is 13.2 Å². The largest absolute Gasteiger partial charge is 0.496 e. The molecule has 1 aromatic carbocycles. The van der Waals surface area contributed by atoms with E-state index >= 15 is 0 Å². The number of ether oxygens (including phenoxy) is 2. The molecule has 0 radical (unpaired) electrons. The van der Waals surface area contributed by atoms with Gasteiger partial charge in [-0.15, -0.1) is 0 Å². The molecule has 0 amide bonds. The molecule has 19 heavy (non-hydrogen) atoms. The molecule has 1 aromatic rings. The van der Waals surface area contributed by atoms with Crippen LogP contribution in [0.25, 0.3) is 0 Å². The van der Waals surface area contributed by atoms with Crippen LogP contribution in [0.5, 0.6) is 11.5 Å². The molecule has 1 aliphatic rings. The van der Waals surface area contributed by atoms with Gasteiger partial charge in [0.2, 0.25) is 0 Å². The maximum absolute atomic E-state index is 13.9. The number of benzene rings is 1. The van der Waals surface area contributed by atoms with E-state index in [9.17, 15) is 4.39 Å². The standard InChI is InChI=1S/C14H21FN2O2/c1-17-8-9(7-16)4-12(17)10-5-11(15)14(19-3)6-13(10)18-2/h5-6,9,12H,4,7-8,16H2,1-3H3. The SMILES string of the molecule is COc1cc(OC)c(C2CC(CN)CN2C)cc1F. The van der Waals surface area contributed by atoms with Crippen molar-refractivity contribution in [1.29, 1.82) is 0 Å². The fourth-order valence-corrected chi connectivity index (χ4v) is 2.78. The monoisotopic (exact) mass is 268 g/mol. The van der Waals surface area contributed by atoms with Gasteiger partial charge in [-0.25, -0.2) is 4.39 Å². The van der Waals surface area contributed by atoms with Crippen LogP contribution in [0, 0.1) is 11.7 Å². The van der Waals surface area contributed by atoms with Crippen molar-refractivity contribution in [3.8, 4) is 11.5 Å². The molecule has 2 atom stereocenters. The molecule has 1 heterocycles. The van der Waals surface area contributed by atoms with Crippen LogP contribution in [0.15, 0.2) is 12.1 Å². The highest BCUT2D eigenvalue weighted by atomic mass is 19.1. The molecule has 5 heteroatoms. The number of methoxy groups -OCH3 is 2. The normalized spacial score (nSPS) is 23.6. The number of hydrogen-bond donors (Lipinski definition) is 1. The Hall–Kier alpha value is -1.33. The molecular formula is C14H21FN2O2. The molecule has 0 bridgehead atoms. The van der Waals surface area contributed by atoms with Crippen LogP contribution < -0.4 is 15.2 Å². The van der Waals surface area contributed by atoms with Crippen LogP contribution in [0.4, 0.5) is 4.39 Å². The first-order valence-electron chi connectivity index (χ1n) is 6.42. The summed E-state index contributed by atoms with van der Waals surface area (Å²) >= 11 is 0. The summed E-state index contributed by atoms with van der Waals surface area (Å²) in [6.07, 6.45) is 0.926. The average molecular weight is 268 g/mol. The zero-order valence-electron chi connectivity index (χ0n) is 11.6. The lowest BCUT2D eigenvalue weighted by Crippen LogP contribution is -2.21. The number of likely N-dealkylation sites (tertiary alicyclic amines) is 1. The molecule has 0 spiro atoms. The zero-order valence-corrected chi connectivity index (χ0v) is 11.6. The Morgan fingerprint density at radius 1 is 1.32 bits per heavy atom. The second-order valence-electron chi connectivity index (χ2n) is 5.02. The summed E-state index contributed by atoms with van der Waals surface area (Å²) < 4.78 is 24.3. The molecule has 4 nitrogen and oxygen atoms in total. The minimum atomic E-state index is -0.358. The lowest BCUT2D eigenvalue weighted by Gasteiger charge is -2.22. The van der Waals surface area contributed by atoms with Gasteiger partial charge in [0, 0.05) is 24.2 Å². The second-order valence-corrected chi connectivity index (χ2v) is 5.02. The van der Waals surface area contributed by atoms with E-state index in [0.717, 1.165) is 18.5 Å². The molecule has 0 aromatic heterocycles. The third-order valence-electron chi connectivity index (χ3n) is 3.83. The lowest BCUT2D eigenvalue weighted by molar-refractivity contribution is 0.300. The Kier molecular flexibility index (Phi) is 4.27. The average Bonchev–Trinajstić information content (AvgIpc) is 2.79. The van der Waals surface area contributed by atoms with Crippen LogP contribution in [-0.2, 0) is 0 Å². The number of nitrogens with zero attached hydrogens (tertiary/aromatic N) is 1. The fraction of sp³-hybridized carbons (Fsp3) is 0.571. The highest BCUT2D eigenvalue weighted by molar-refractivity contribution is 5.44.